The van der Waals surface area contributed by atoms with Gasteiger partial charge in [-0.1, -0.05) is 23.2 Å². The molecule has 1 N–H and O–H groups in total. The van der Waals surface area contributed by atoms with Crippen LogP contribution in [0.5, 0.6) is 0 Å². The molecule has 0 bridgehead atoms. The van der Waals surface area contributed by atoms with Gasteiger partial charge in [-0.15, -0.1) is 0 Å². The first-order valence-electron chi connectivity index (χ1n) is 4.01. The van der Waals surface area contributed by atoms with Gasteiger partial charge in [-0.2, -0.15) is 5.10 Å². The van der Waals surface area contributed by atoms with Gasteiger partial charge in [0.05, 0.1) is 10.7 Å². The molecule has 2 aromatic heterocycles. The van der Waals surface area contributed by atoms with Crippen LogP contribution >= 0.6 is 23.2 Å². The summed E-state index contributed by atoms with van der Waals surface area (Å²) >= 11 is 11.7. The summed E-state index contributed by atoms with van der Waals surface area (Å²) in [7, 11) is 0. The summed E-state index contributed by atoms with van der Waals surface area (Å²) < 4.78 is 0. The minimum absolute atomic E-state index is 0.456. The Balaban J connectivity index is 2.49. The normalized spacial score (nSPS) is 10.5. The lowest BCUT2D eigenvalue weighted by Crippen LogP contribution is -1.81. The molecule has 0 aromatic carbocycles. The fourth-order valence-corrected chi connectivity index (χ4v) is 1.43. The summed E-state index contributed by atoms with van der Waals surface area (Å²) in [6, 6.07) is 3.54. The topological polar surface area (TPSA) is 41.6 Å². The molecule has 0 atom stereocenters. The van der Waals surface area contributed by atoms with Crippen molar-refractivity contribution < 1.29 is 0 Å². The maximum absolute atomic E-state index is 6.03. The average molecular weight is 228 g/mol. The average Bonchev–Trinajstić information content (AvgIpc) is 2.50. The lowest BCUT2D eigenvalue weighted by atomic mass is 10.2. The number of aromatic amines is 1. The first-order valence-corrected chi connectivity index (χ1v) is 4.76. The van der Waals surface area contributed by atoms with E-state index in [0.29, 0.717) is 15.9 Å². The van der Waals surface area contributed by atoms with Gasteiger partial charge in [0.15, 0.2) is 0 Å². The lowest BCUT2D eigenvalue weighted by Gasteiger charge is -1.96. The number of hydrogen-bond donors (Lipinski definition) is 1. The van der Waals surface area contributed by atoms with Gasteiger partial charge in [0.2, 0.25) is 0 Å². The molecule has 0 aliphatic carbocycles. The van der Waals surface area contributed by atoms with Crippen LogP contribution in [0.3, 0.4) is 0 Å². The molecule has 0 amide bonds. The maximum Gasteiger partial charge on any atom is 0.129 e. The molecule has 3 nitrogen and oxygen atoms in total. The zero-order chi connectivity index (χ0) is 10.1. The number of aryl methyl sites for hydroxylation is 1. The highest BCUT2D eigenvalue weighted by Crippen LogP contribution is 2.27. The van der Waals surface area contributed by atoms with Crippen molar-refractivity contribution in [2.45, 2.75) is 6.92 Å². The molecular formula is C9H7Cl2N3. The SMILES string of the molecule is Cc1[nH]nc(-c2ccc(Cl)nc2)c1Cl. The number of aromatic nitrogens is 3. The van der Waals surface area contributed by atoms with Crippen LogP contribution in [0.15, 0.2) is 18.3 Å². The molecule has 0 radical (unpaired) electrons. The monoisotopic (exact) mass is 227 g/mol. The fourth-order valence-electron chi connectivity index (χ4n) is 1.12. The molecule has 0 aliphatic rings. The lowest BCUT2D eigenvalue weighted by molar-refractivity contribution is 1.05. The second kappa shape index (κ2) is 3.59. The second-order valence-electron chi connectivity index (χ2n) is 2.88. The molecule has 0 saturated carbocycles. The molecule has 0 saturated heterocycles. The molecule has 2 aromatic rings. The van der Waals surface area contributed by atoms with E-state index in [0.717, 1.165) is 11.3 Å². The maximum atomic E-state index is 6.03. The molecule has 2 rings (SSSR count). The molecule has 72 valence electrons. The molecule has 14 heavy (non-hydrogen) atoms. The van der Waals surface area contributed by atoms with Crippen LogP contribution < -0.4 is 0 Å². The van der Waals surface area contributed by atoms with Crippen molar-refractivity contribution in [2.75, 3.05) is 0 Å². The largest absolute Gasteiger partial charge is 0.281 e. The van der Waals surface area contributed by atoms with Crippen molar-refractivity contribution in [1.29, 1.82) is 0 Å². The molecule has 2 heterocycles. The van der Waals surface area contributed by atoms with Crippen LogP contribution in [-0.2, 0) is 0 Å². The molecule has 5 heteroatoms. The number of nitrogens with one attached hydrogen (secondary N) is 1. The number of H-pyrrole nitrogens is 1. The van der Waals surface area contributed by atoms with Gasteiger partial charge in [-0.05, 0) is 19.1 Å². The highest BCUT2D eigenvalue weighted by molar-refractivity contribution is 6.33. The van der Waals surface area contributed by atoms with Crippen LogP contribution in [0.4, 0.5) is 0 Å². The third kappa shape index (κ3) is 1.61. The predicted molar refractivity (Wildman–Crippen MR) is 56.6 cm³/mol. The van der Waals surface area contributed by atoms with Gasteiger partial charge >= 0.3 is 0 Å². The standard InChI is InChI=1S/C9H7Cl2N3/c1-5-8(11)9(14-13-5)6-2-3-7(10)12-4-6/h2-4H,1H3,(H,13,14). The van der Waals surface area contributed by atoms with Crippen LogP contribution in [0.2, 0.25) is 10.2 Å². The smallest absolute Gasteiger partial charge is 0.129 e. The van der Waals surface area contributed by atoms with Crippen molar-refractivity contribution in [3.63, 3.8) is 0 Å². The summed E-state index contributed by atoms with van der Waals surface area (Å²) in [5.74, 6) is 0. The first-order chi connectivity index (χ1) is 6.68. The summed E-state index contributed by atoms with van der Waals surface area (Å²) in [4.78, 5) is 3.96. The molecule has 0 spiro atoms. The Hall–Kier alpha value is -1.06. The Bertz CT molecular complexity index is 448. The summed E-state index contributed by atoms with van der Waals surface area (Å²) in [6.07, 6.45) is 1.64. The van der Waals surface area contributed by atoms with Crippen LogP contribution in [0.1, 0.15) is 5.69 Å². The van der Waals surface area contributed by atoms with Gasteiger partial charge in [-0.25, -0.2) is 4.98 Å². The van der Waals surface area contributed by atoms with E-state index in [1.807, 2.05) is 13.0 Å². The molecule has 0 unspecified atom stereocenters. The number of pyridine rings is 1. The molecule has 0 aliphatic heterocycles. The minimum Gasteiger partial charge on any atom is -0.281 e. The van der Waals surface area contributed by atoms with Gasteiger partial charge in [0.1, 0.15) is 10.8 Å². The van der Waals surface area contributed by atoms with E-state index in [1.165, 1.54) is 0 Å². The third-order valence-corrected chi connectivity index (χ3v) is 2.56. The van der Waals surface area contributed by atoms with Crippen LogP contribution in [0.25, 0.3) is 11.3 Å². The number of halogens is 2. The van der Waals surface area contributed by atoms with Gasteiger partial charge in [0, 0.05) is 11.8 Å². The Labute approximate surface area is 91.1 Å². The van der Waals surface area contributed by atoms with Crippen molar-refractivity contribution >= 4 is 23.2 Å². The zero-order valence-electron chi connectivity index (χ0n) is 7.38. The highest BCUT2D eigenvalue weighted by Gasteiger charge is 2.09. The van der Waals surface area contributed by atoms with E-state index < -0.39 is 0 Å². The summed E-state index contributed by atoms with van der Waals surface area (Å²) in [5, 5.41) is 7.96. The van der Waals surface area contributed by atoms with Gasteiger partial charge in [0.25, 0.3) is 0 Å². The van der Waals surface area contributed by atoms with Crippen molar-refractivity contribution in [3.05, 3.63) is 34.2 Å². The van der Waals surface area contributed by atoms with E-state index in [-0.39, 0.29) is 0 Å². The van der Waals surface area contributed by atoms with E-state index in [1.54, 1.807) is 12.3 Å². The van der Waals surface area contributed by atoms with Gasteiger partial charge < -0.3 is 0 Å². The highest BCUT2D eigenvalue weighted by atomic mass is 35.5. The molecule has 0 fully saturated rings. The van der Waals surface area contributed by atoms with E-state index in [4.69, 9.17) is 23.2 Å². The second-order valence-corrected chi connectivity index (χ2v) is 3.65. The predicted octanol–water partition coefficient (Wildman–Crippen LogP) is 3.09. The number of hydrogen-bond acceptors (Lipinski definition) is 2. The Morgan fingerprint density at radius 2 is 2.07 bits per heavy atom. The zero-order valence-corrected chi connectivity index (χ0v) is 8.89. The van der Waals surface area contributed by atoms with E-state index in [2.05, 4.69) is 15.2 Å². The van der Waals surface area contributed by atoms with Crippen molar-refractivity contribution in [1.82, 2.24) is 15.2 Å². The number of nitrogens with zero attached hydrogens (tertiary/aromatic N) is 2. The Kier molecular flexibility index (Phi) is 2.44. The molecular weight excluding hydrogens is 221 g/mol. The fraction of sp³-hybridized carbons (Fsp3) is 0.111. The number of rotatable bonds is 1. The summed E-state index contributed by atoms with van der Waals surface area (Å²) in [5.41, 5.74) is 2.40. The third-order valence-electron chi connectivity index (χ3n) is 1.87. The van der Waals surface area contributed by atoms with Crippen molar-refractivity contribution in [3.8, 4) is 11.3 Å². The Morgan fingerprint density at radius 3 is 2.57 bits per heavy atom. The van der Waals surface area contributed by atoms with E-state index in [9.17, 15) is 0 Å². The minimum atomic E-state index is 0.456. The van der Waals surface area contributed by atoms with Crippen LogP contribution in [-0.4, -0.2) is 15.2 Å². The quantitative estimate of drug-likeness (QED) is 0.762. The Morgan fingerprint density at radius 1 is 1.29 bits per heavy atom. The van der Waals surface area contributed by atoms with Crippen molar-refractivity contribution in [2.24, 2.45) is 0 Å². The van der Waals surface area contributed by atoms with Gasteiger partial charge in [-0.3, -0.25) is 5.10 Å². The summed E-state index contributed by atoms with van der Waals surface area (Å²) in [6.45, 7) is 1.86. The van der Waals surface area contributed by atoms with E-state index >= 15 is 0 Å². The van der Waals surface area contributed by atoms with Crippen LogP contribution in [0, 0.1) is 6.92 Å². The first kappa shape index (κ1) is 9.49.